The summed E-state index contributed by atoms with van der Waals surface area (Å²) in [5.41, 5.74) is 3.24. The van der Waals surface area contributed by atoms with Crippen LogP contribution in [0.1, 0.15) is 66.0 Å². The smallest absolute Gasteiger partial charge is 0.253 e. The van der Waals surface area contributed by atoms with Gasteiger partial charge in [0.15, 0.2) is 5.82 Å². The van der Waals surface area contributed by atoms with E-state index in [4.69, 9.17) is 16.0 Å². The Morgan fingerprint density at radius 3 is 2.74 bits per heavy atom. The quantitative estimate of drug-likeness (QED) is 0.266. The van der Waals surface area contributed by atoms with Crippen LogP contribution in [0, 0.1) is 6.92 Å². The number of benzene rings is 2. The molecule has 0 radical (unpaired) electrons. The monoisotopic (exact) mass is 528 g/mol. The van der Waals surface area contributed by atoms with Crippen LogP contribution in [0.2, 0.25) is 5.02 Å². The van der Waals surface area contributed by atoms with Gasteiger partial charge in [-0.25, -0.2) is 4.68 Å². The minimum atomic E-state index is -0.540. The largest absolute Gasteiger partial charge is 0.468 e. The number of rotatable bonds is 8. The summed E-state index contributed by atoms with van der Waals surface area (Å²) in [5, 5.41) is 14.7. The summed E-state index contributed by atoms with van der Waals surface area (Å²) in [6.45, 7) is 2.92. The molecule has 2 aromatic carbocycles. The summed E-state index contributed by atoms with van der Waals surface area (Å²) >= 11 is 6.62. The Balaban J connectivity index is 1.54. The second-order valence-corrected chi connectivity index (χ2v) is 10.4. The molecule has 0 bridgehead atoms. The summed E-state index contributed by atoms with van der Waals surface area (Å²) in [5.74, 6) is 1.42. The summed E-state index contributed by atoms with van der Waals surface area (Å²) in [6, 6.07) is 19.3. The molecule has 3 heterocycles. The first-order valence-electron chi connectivity index (χ1n) is 13.0. The van der Waals surface area contributed by atoms with Crippen molar-refractivity contribution in [2.75, 3.05) is 0 Å². The number of H-pyrrole nitrogens is 1. The topological polar surface area (TPSA) is 92.8 Å². The number of nitrogens with zero attached hydrogens (tertiary/aromatic N) is 5. The fourth-order valence-electron chi connectivity index (χ4n) is 5.51. The zero-order chi connectivity index (χ0) is 26.1. The van der Waals surface area contributed by atoms with E-state index < -0.39 is 6.04 Å². The van der Waals surface area contributed by atoms with Crippen LogP contribution in [0.15, 0.2) is 76.1 Å². The number of pyridine rings is 1. The van der Waals surface area contributed by atoms with Crippen LogP contribution in [-0.2, 0) is 13.1 Å². The number of furan rings is 1. The van der Waals surface area contributed by atoms with Gasteiger partial charge in [-0.2, -0.15) is 0 Å². The Bertz CT molecular complexity index is 1600. The number of hydrogen-bond donors (Lipinski definition) is 1. The van der Waals surface area contributed by atoms with Gasteiger partial charge in [-0.1, -0.05) is 54.8 Å². The summed E-state index contributed by atoms with van der Waals surface area (Å²) in [6.07, 6.45) is 5.97. The normalized spacial score (nSPS) is 15.0. The van der Waals surface area contributed by atoms with Crippen LogP contribution < -0.4 is 5.56 Å². The molecule has 8 nitrogen and oxygen atoms in total. The van der Waals surface area contributed by atoms with E-state index in [0.29, 0.717) is 29.5 Å². The predicted octanol–water partition coefficient (Wildman–Crippen LogP) is 5.98. The number of fused-ring (bicyclic) bond motifs is 1. The molecule has 0 spiro atoms. The number of aromatic nitrogens is 5. The molecule has 1 fully saturated rings. The minimum absolute atomic E-state index is 0.169. The van der Waals surface area contributed by atoms with Crippen molar-refractivity contribution in [3.63, 3.8) is 0 Å². The van der Waals surface area contributed by atoms with Gasteiger partial charge in [-0.05, 0) is 77.0 Å². The maximum Gasteiger partial charge on any atom is 0.253 e. The summed E-state index contributed by atoms with van der Waals surface area (Å²) in [4.78, 5) is 19.0. The van der Waals surface area contributed by atoms with E-state index in [2.05, 4.69) is 25.4 Å². The fraction of sp³-hybridized carbons (Fsp3) is 0.310. The minimum Gasteiger partial charge on any atom is -0.468 e. The molecule has 0 aliphatic heterocycles. The number of aromatic amines is 1. The zero-order valence-electron chi connectivity index (χ0n) is 21.2. The van der Waals surface area contributed by atoms with Gasteiger partial charge < -0.3 is 9.40 Å². The fourth-order valence-corrected chi connectivity index (χ4v) is 5.71. The molecule has 38 heavy (non-hydrogen) atoms. The highest BCUT2D eigenvalue weighted by molar-refractivity contribution is 6.31. The molecule has 0 unspecified atom stereocenters. The van der Waals surface area contributed by atoms with Crippen LogP contribution >= 0.6 is 11.6 Å². The van der Waals surface area contributed by atoms with Crippen LogP contribution in [0.3, 0.4) is 0 Å². The standard InChI is InChI=1S/C29H29ClN6O2/c1-19-12-13-20-16-24(29(37)31-26(20)15-19)27(28-32-33-34-36(28)22-8-3-4-9-22)35(18-23-10-6-14-38-23)17-21-7-2-5-11-25(21)30/h2,5-7,10-16,22,27H,3-4,8-9,17-18H2,1H3,(H,31,37)/t27-/m1/s1. The van der Waals surface area contributed by atoms with E-state index in [1.807, 2.05) is 72.3 Å². The number of hydrogen-bond acceptors (Lipinski definition) is 6. The average molecular weight is 529 g/mol. The lowest BCUT2D eigenvalue weighted by Gasteiger charge is -2.31. The maximum atomic E-state index is 13.7. The molecule has 5 aromatic rings. The lowest BCUT2D eigenvalue weighted by molar-refractivity contribution is 0.176. The zero-order valence-corrected chi connectivity index (χ0v) is 21.9. The lowest BCUT2D eigenvalue weighted by Crippen LogP contribution is -2.35. The summed E-state index contributed by atoms with van der Waals surface area (Å²) in [7, 11) is 0. The van der Waals surface area contributed by atoms with Crippen LogP contribution in [-0.4, -0.2) is 30.1 Å². The Hall–Kier alpha value is -3.75. The van der Waals surface area contributed by atoms with Gasteiger partial charge in [0, 0.05) is 22.6 Å². The highest BCUT2D eigenvalue weighted by Gasteiger charge is 2.34. The highest BCUT2D eigenvalue weighted by atomic mass is 35.5. The molecule has 0 saturated heterocycles. The Morgan fingerprint density at radius 2 is 1.95 bits per heavy atom. The van der Waals surface area contributed by atoms with E-state index >= 15 is 0 Å². The van der Waals surface area contributed by atoms with E-state index in [1.165, 1.54) is 0 Å². The second-order valence-electron chi connectivity index (χ2n) is 10.0. The van der Waals surface area contributed by atoms with Crippen LogP contribution in [0.4, 0.5) is 0 Å². The molecule has 0 amide bonds. The van der Waals surface area contributed by atoms with Crippen molar-refractivity contribution in [2.45, 2.75) is 57.8 Å². The van der Waals surface area contributed by atoms with Gasteiger partial charge in [0.05, 0.1) is 18.8 Å². The molecule has 1 aliphatic carbocycles. The Morgan fingerprint density at radius 1 is 1.11 bits per heavy atom. The van der Waals surface area contributed by atoms with Gasteiger partial charge in [0.25, 0.3) is 5.56 Å². The van der Waals surface area contributed by atoms with Gasteiger partial charge in [-0.15, -0.1) is 5.10 Å². The first-order chi connectivity index (χ1) is 18.6. The first-order valence-corrected chi connectivity index (χ1v) is 13.4. The van der Waals surface area contributed by atoms with Crippen molar-refractivity contribution in [1.82, 2.24) is 30.1 Å². The van der Waals surface area contributed by atoms with E-state index in [1.54, 1.807) is 6.26 Å². The molecule has 3 aromatic heterocycles. The van der Waals surface area contributed by atoms with Gasteiger partial charge in [0.1, 0.15) is 11.8 Å². The second kappa shape index (κ2) is 10.6. The number of nitrogens with one attached hydrogen (secondary N) is 1. The van der Waals surface area contributed by atoms with Crippen molar-refractivity contribution in [2.24, 2.45) is 0 Å². The van der Waals surface area contributed by atoms with E-state index in [0.717, 1.165) is 53.5 Å². The molecule has 194 valence electrons. The Labute approximate surface area is 225 Å². The molecule has 1 atom stereocenters. The predicted molar refractivity (Wildman–Crippen MR) is 146 cm³/mol. The molecule has 9 heteroatoms. The SMILES string of the molecule is Cc1ccc2cc([C@H](c3nnnn3C3CCCC3)N(Cc3ccco3)Cc3ccccc3Cl)c(=O)[nH]c2c1. The molecular weight excluding hydrogens is 500 g/mol. The van der Waals surface area contributed by atoms with Crippen molar-refractivity contribution in [3.05, 3.63) is 111 Å². The third kappa shape index (κ3) is 4.89. The van der Waals surface area contributed by atoms with Gasteiger partial charge in [-0.3, -0.25) is 9.69 Å². The van der Waals surface area contributed by atoms with E-state index in [9.17, 15) is 4.79 Å². The molecule has 1 saturated carbocycles. The molecular formula is C29H29ClN6O2. The van der Waals surface area contributed by atoms with Crippen molar-refractivity contribution in [3.8, 4) is 0 Å². The lowest BCUT2D eigenvalue weighted by atomic mass is 10.0. The van der Waals surface area contributed by atoms with Crippen LogP contribution in [0.25, 0.3) is 10.9 Å². The first kappa shape index (κ1) is 24.6. The van der Waals surface area contributed by atoms with Gasteiger partial charge >= 0.3 is 0 Å². The maximum absolute atomic E-state index is 13.7. The van der Waals surface area contributed by atoms with Crippen molar-refractivity contribution >= 4 is 22.5 Å². The number of tetrazole rings is 1. The molecule has 6 rings (SSSR count). The average Bonchev–Trinajstić information content (AvgIpc) is 3.69. The van der Waals surface area contributed by atoms with Crippen LogP contribution in [0.5, 0.6) is 0 Å². The van der Waals surface area contributed by atoms with E-state index in [-0.39, 0.29) is 11.6 Å². The Kier molecular flexibility index (Phi) is 6.82. The van der Waals surface area contributed by atoms with Crippen molar-refractivity contribution < 1.29 is 4.42 Å². The number of aryl methyl sites for hydroxylation is 1. The molecule has 1 N–H and O–H groups in total. The number of halogens is 1. The summed E-state index contributed by atoms with van der Waals surface area (Å²) < 4.78 is 7.69. The van der Waals surface area contributed by atoms with Gasteiger partial charge in [0.2, 0.25) is 0 Å². The molecule has 1 aliphatic rings. The van der Waals surface area contributed by atoms with Crippen molar-refractivity contribution in [1.29, 1.82) is 0 Å². The highest BCUT2D eigenvalue weighted by Crippen LogP contribution is 2.35. The third-order valence-electron chi connectivity index (χ3n) is 7.39. The third-order valence-corrected chi connectivity index (χ3v) is 7.76.